The number of fused-ring (bicyclic) bond motifs is 1. The van der Waals surface area contributed by atoms with E-state index < -0.39 is 27.2 Å². The molecule has 0 aliphatic rings. The van der Waals surface area contributed by atoms with E-state index in [-0.39, 0.29) is 22.1 Å². The number of para-hydroxylation sites is 1. The van der Waals surface area contributed by atoms with Crippen molar-refractivity contribution in [3.05, 3.63) is 82.4 Å². The Morgan fingerprint density at radius 3 is 2.31 bits per heavy atom. The number of imidazole rings is 1. The smallest absolute Gasteiger partial charge is 0.213 e. The summed E-state index contributed by atoms with van der Waals surface area (Å²) in [7, 11) is -0.804. The van der Waals surface area contributed by atoms with Crippen LogP contribution in [-0.2, 0) is 21.3 Å². The van der Waals surface area contributed by atoms with E-state index in [1.807, 2.05) is 6.92 Å². The summed E-state index contributed by atoms with van der Waals surface area (Å²) in [5.74, 6) is 0.155. The molecule has 3 aromatic heterocycles. The second-order valence-corrected chi connectivity index (χ2v) is 11.7. The molecule has 0 saturated heterocycles. The Morgan fingerprint density at radius 1 is 0.929 bits per heavy atom. The molecule has 0 spiro atoms. The molecule has 0 atom stereocenters. The van der Waals surface area contributed by atoms with Gasteiger partial charge < -0.3 is 14.2 Å². The van der Waals surface area contributed by atoms with Gasteiger partial charge in [-0.3, -0.25) is 4.57 Å². The molecule has 218 valence electrons. The molecule has 0 unspecified atom stereocenters. The third kappa shape index (κ3) is 5.86. The molecule has 0 N–H and O–H groups in total. The number of sulfone groups is 1. The molecule has 0 aliphatic carbocycles. The first-order valence-electron chi connectivity index (χ1n) is 12.9. The molecule has 13 heteroatoms. The molecule has 2 aromatic carbocycles. The third-order valence-electron chi connectivity index (χ3n) is 6.37. The second-order valence-electron chi connectivity index (χ2n) is 9.30. The number of ether oxygens (including phenoxy) is 3. The van der Waals surface area contributed by atoms with Crippen LogP contribution in [0, 0.1) is 12.7 Å². The summed E-state index contributed by atoms with van der Waals surface area (Å²) in [6, 6.07) is 14.8. The van der Waals surface area contributed by atoms with Crippen molar-refractivity contribution >= 4 is 32.7 Å². The van der Waals surface area contributed by atoms with Crippen molar-refractivity contribution in [3.63, 3.8) is 0 Å². The molecule has 10 nitrogen and oxygen atoms in total. The number of aryl methyl sites for hydroxylation is 1. The van der Waals surface area contributed by atoms with E-state index in [1.54, 1.807) is 54.0 Å². The van der Waals surface area contributed by atoms with E-state index in [1.165, 1.54) is 26.4 Å². The number of aromatic nitrogens is 5. The van der Waals surface area contributed by atoms with Crippen LogP contribution in [0.15, 0.2) is 54.6 Å². The normalized spacial score (nSPS) is 11.6. The molecule has 0 saturated carbocycles. The average molecular weight is 612 g/mol. The predicted octanol–water partition coefficient (Wildman–Crippen LogP) is 5.51. The fourth-order valence-electron chi connectivity index (χ4n) is 4.44. The molecule has 5 rings (SSSR count). The van der Waals surface area contributed by atoms with Crippen LogP contribution in [0.1, 0.15) is 23.7 Å². The topological polar surface area (TPSA) is 118 Å². The number of methoxy groups -OCH3 is 2. The molecular weight excluding hydrogens is 585 g/mol. The van der Waals surface area contributed by atoms with Crippen LogP contribution < -0.4 is 14.2 Å². The maximum absolute atomic E-state index is 14.1. The van der Waals surface area contributed by atoms with E-state index in [2.05, 4.69) is 19.9 Å². The minimum atomic E-state index is -3.83. The molecule has 0 amide bonds. The Labute approximate surface area is 247 Å². The fraction of sp³-hybridized carbons (Fsp3) is 0.241. The lowest BCUT2D eigenvalue weighted by molar-refractivity contribution is 0.327. The van der Waals surface area contributed by atoms with Crippen LogP contribution in [0.3, 0.4) is 0 Å². The molecule has 0 aliphatic heterocycles. The van der Waals surface area contributed by atoms with Gasteiger partial charge in [-0.2, -0.15) is 0 Å². The van der Waals surface area contributed by atoms with Crippen LogP contribution in [0.25, 0.3) is 28.5 Å². The van der Waals surface area contributed by atoms with Gasteiger partial charge in [-0.15, -0.1) is 0 Å². The Hall–Kier alpha value is -4.29. The summed E-state index contributed by atoms with van der Waals surface area (Å²) in [6.07, 6.45) is 0. The second kappa shape index (κ2) is 11.9. The van der Waals surface area contributed by atoms with Crippen molar-refractivity contribution in [2.75, 3.05) is 20.8 Å². The highest BCUT2D eigenvalue weighted by Gasteiger charge is 2.26. The Morgan fingerprint density at radius 2 is 1.64 bits per heavy atom. The van der Waals surface area contributed by atoms with Gasteiger partial charge in [-0.1, -0.05) is 35.9 Å². The summed E-state index contributed by atoms with van der Waals surface area (Å²) in [5, 5.41) is -0.125. The van der Waals surface area contributed by atoms with E-state index >= 15 is 0 Å². The first-order valence-corrected chi connectivity index (χ1v) is 15.1. The zero-order valence-corrected chi connectivity index (χ0v) is 24.8. The van der Waals surface area contributed by atoms with Crippen molar-refractivity contribution in [1.82, 2.24) is 24.5 Å². The van der Waals surface area contributed by atoms with Crippen molar-refractivity contribution in [1.29, 1.82) is 0 Å². The van der Waals surface area contributed by atoms with Crippen LogP contribution in [0.2, 0.25) is 5.15 Å². The quantitative estimate of drug-likeness (QED) is 0.201. The van der Waals surface area contributed by atoms with E-state index in [4.69, 9.17) is 25.8 Å². The van der Waals surface area contributed by atoms with E-state index in [0.717, 1.165) is 0 Å². The molecule has 0 bridgehead atoms. The molecule has 0 radical (unpaired) electrons. The third-order valence-corrected chi connectivity index (χ3v) is 8.16. The number of nitrogens with zero attached hydrogens (tertiary/aromatic N) is 5. The fourth-order valence-corrected chi connectivity index (χ4v) is 6.12. The monoisotopic (exact) mass is 611 g/mol. The minimum Gasteiger partial charge on any atom is -0.494 e. The van der Waals surface area contributed by atoms with Crippen LogP contribution in [-0.4, -0.2) is 53.7 Å². The first kappa shape index (κ1) is 29.2. The Balaban J connectivity index is 1.69. The van der Waals surface area contributed by atoms with Crippen molar-refractivity contribution in [3.8, 4) is 34.6 Å². The van der Waals surface area contributed by atoms with Gasteiger partial charge in [-0.25, -0.2) is 32.7 Å². The molecule has 3 heterocycles. The van der Waals surface area contributed by atoms with Gasteiger partial charge in [0.1, 0.15) is 28.7 Å². The average Bonchev–Trinajstić information content (AvgIpc) is 3.32. The summed E-state index contributed by atoms with van der Waals surface area (Å²) >= 11 is 6.46. The minimum absolute atomic E-state index is 0.00865. The van der Waals surface area contributed by atoms with Crippen molar-refractivity contribution in [2.24, 2.45) is 0 Å². The largest absolute Gasteiger partial charge is 0.494 e. The van der Waals surface area contributed by atoms with Gasteiger partial charge in [0.05, 0.1) is 38.0 Å². The zero-order chi connectivity index (χ0) is 30.0. The summed E-state index contributed by atoms with van der Waals surface area (Å²) in [4.78, 5) is 18.3. The van der Waals surface area contributed by atoms with Gasteiger partial charge in [0.15, 0.2) is 32.1 Å². The standard InChI is InChI=1S/C29H27ClFN5O5S/c1-5-41-24-11-6-8-20(32-24)28-35-27-29(36(28)25-22(39-3)9-7-10-23(25)40-4)33-21(26(30)34-27)16-42(37,38)15-18-13-12-17(2)19(31)14-18/h6-14H,5,15-16H2,1-4H3. The lowest BCUT2D eigenvalue weighted by Crippen LogP contribution is -2.11. The van der Waals surface area contributed by atoms with Gasteiger partial charge in [0.25, 0.3) is 0 Å². The first-order chi connectivity index (χ1) is 20.1. The van der Waals surface area contributed by atoms with Crippen molar-refractivity contribution < 1.29 is 27.0 Å². The van der Waals surface area contributed by atoms with Gasteiger partial charge in [-0.05, 0) is 49.2 Å². The Kier molecular flexibility index (Phi) is 8.28. The highest BCUT2D eigenvalue weighted by atomic mass is 35.5. The number of hydrogen-bond donors (Lipinski definition) is 0. The summed E-state index contributed by atoms with van der Waals surface area (Å²) < 4.78 is 59.0. The number of pyridine rings is 1. The Bertz CT molecular complexity index is 1880. The SMILES string of the molecule is CCOc1cccc(-c2nc3nc(Cl)c(CS(=O)(=O)Cc4ccc(C)c(F)c4)nc3n2-c2c(OC)cccc2OC)n1. The van der Waals surface area contributed by atoms with Gasteiger partial charge in [0, 0.05) is 6.07 Å². The number of hydrogen-bond acceptors (Lipinski definition) is 9. The molecule has 42 heavy (non-hydrogen) atoms. The lowest BCUT2D eigenvalue weighted by atomic mass is 10.2. The van der Waals surface area contributed by atoms with Crippen LogP contribution >= 0.6 is 11.6 Å². The number of benzene rings is 2. The van der Waals surface area contributed by atoms with Gasteiger partial charge in [0.2, 0.25) is 5.88 Å². The summed E-state index contributed by atoms with van der Waals surface area (Å²) in [5.41, 5.74) is 1.97. The molecular formula is C29H27ClFN5O5S. The highest BCUT2D eigenvalue weighted by molar-refractivity contribution is 7.89. The van der Waals surface area contributed by atoms with Gasteiger partial charge >= 0.3 is 0 Å². The molecule has 0 fully saturated rings. The maximum atomic E-state index is 14.1. The van der Waals surface area contributed by atoms with Crippen LogP contribution in [0.4, 0.5) is 4.39 Å². The zero-order valence-electron chi connectivity index (χ0n) is 23.3. The van der Waals surface area contributed by atoms with Crippen molar-refractivity contribution in [2.45, 2.75) is 25.4 Å². The predicted molar refractivity (Wildman–Crippen MR) is 157 cm³/mol. The maximum Gasteiger partial charge on any atom is 0.213 e. The van der Waals surface area contributed by atoms with E-state index in [0.29, 0.717) is 52.3 Å². The van der Waals surface area contributed by atoms with E-state index in [9.17, 15) is 12.8 Å². The highest BCUT2D eigenvalue weighted by Crippen LogP contribution is 2.38. The van der Waals surface area contributed by atoms with Crippen LogP contribution in [0.5, 0.6) is 17.4 Å². The lowest BCUT2D eigenvalue weighted by Gasteiger charge is -2.16. The molecule has 5 aromatic rings. The summed E-state index contributed by atoms with van der Waals surface area (Å²) in [6.45, 7) is 3.87. The number of halogens is 2. The number of rotatable bonds is 10.